The van der Waals surface area contributed by atoms with Crippen molar-refractivity contribution in [3.63, 3.8) is 0 Å². The fraction of sp³-hybridized carbons (Fsp3) is 0.333. The summed E-state index contributed by atoms with van der Waals surface area (Å²) in [5, 5.41) is 2.79. The molecule has 0 atom stereocenters. The Kier molecular flexibility index (Phi) is 6.82. The predicted molar refractivity (Wildman–Crippen MR) is 129 cm³/mol. The number of hydrogen-bond acceptors (Lipinski definition) is 6. The Bertz CT molecular complexity index is 1290. The Morgan fingerprint density at radius 3 is 2.42 bits per heavy atom. The van der Waals surface area contributed by atoms with Crippen molar-refractivity contribution in [2.24, 2.45) is 5.92 Å². The van der Waals surface area contributed by atoms with Gasteiger partial charge < -0.3 is 5.32 Å². The topological polar surface area (TPSA) is 97.3 Å². The largest absolute Gasteiger partial charge is 0.325 e. The van der Waals surface area contributed by atoms with Crippen molar-refractivity contribution in [3.05, 3.63) is 46.1 Å². The lowest BCUT2D eigenvalue weighted by molar-refractivity contribution is -0.118. The Hall–Kier alpha value is -2.30. The number of rotatable bonds is 7. The van der Waals surface area contributed by atoms with Crippen molar-refractivity contribution in [1.29, 1.82) is 0 Å². The molecule has 3 aromatic rings. The van der Waals surface area contributed by atoms with E-state index < -0.39 is 10.0 Å². The predicted octanol–water partition coefficient (Wildman–Crippen LogP) is 4.76. The summed E-state index contributed by atoms with van der Waals surface area (Å²) in [6, 6.07) is 9.70. The molecule has 1 heterocycles. The molecule has 166 valence electrons. The van der Waals surface area contributed by atoms with Crippen molar-refractivity contribution in [2.45, 2.75) is 43.5 Å². The van der Waals surface area contributed by atoms with Gasteiger partial charge in [-0.1, -0.05) is 25.2 Å². The van der Waals surface area contributed by atoms with Crippen LogP contribution in [0, 0.1) is 5.92 Å². The third kappa shape index (κ3) is 4.97. The van der Waals surface area contributed by atoms with Crippen LogP contribution in [0.1, 0.15) is 33.7 Å². The van der Waals surface area contributed by atoms with Gasteiger partial charge in [0.2, 0.25) is 5.91 Å². The average molecular weight is 480 g/mol. The summed E-state index contributed by atoms with van der Waals surface area (Å²) in [5.74, 6) is -0.419. The zero-order valence-corrected chi connectivity index (χ0v) is 20.4. The number of fused-ring (bicyclic) bond motifs is 1. The van der Waals surface area contributed by atoms with E-state index in [4.69, 9.17) is 0 Å². The van der Waals surface area contributed by atoms with Crippen LogP contribution in [0.2, 0.25) is 0 Å². The van der Waals surface area contributed by atoms with Crippen molar-refractivity contribution in [2.75, 3.05) is 16.3 Å². The van der Waals surface area contributed by atoms with Gasteiger partial charge in [-0.3, -0.25) is 18.9 Å². The van der Waals surface area contributed by atoms with Crippen LogP contribution < -0.4 is 14.9 Å². The standard InChI is InChI=1S/C21H25N3O4S3/c1-12(2)20(25)22-16-11-15(7-9-18(16)29-5)31(27,28)23-14-6-8-17-19(10-14)30-21(26)24(17)13(3)4/h6-13,23H,1-5H3,(H,22,25). The van der Waals surface area contributed by atoms with Gasteiger partial charge in [0.25, 0.3) is 10.0 Å². The van der Waals surface area contributed by atoms with Crippen molar-refractivity contribution in [1.82, 2.24) is 4.57 Å². The van der Waals surface area contributed by atoms with E-state index >= 15 is 0 Å². The zero-order chi connectivity index (χ0) is 22.9. The first-order valence-electron chi connectivity index (χ1n) is 9.70. The quantitative estimate of drug-likeness (QED) is 0.476. The molecule has 0 saturated heterocycles. The van der Waals surface area contributed by atoms with Gasteiger partial charge in [0.15, 0.2) is 0 Å². The summed E-state index contributed by atoms with van der Waals surface area (Å²) in [6.07, 6.45) is 1.86. The number of thioether (sulfide) groups is 1. The van der Waals surface area contributed by atoms with Gasteiger partial charge in [0, 0.05) is 16.9 Å². The number of thiazole rings is 1. The Morgan fingerprint density at radius 2 is 1.81 bits per heavy atom. The molecule has 0 bridgehead atoms. The third-order valence-corrected chi connectivity index (χ3v) is 7.74. The second kappa shape index (κ2) is 9.05. The molecule has 10 heteroatoms. The normalized spacial score (nSPS) is 12.0. The maximum Gasteiger partial charge on any atom is 0.308 e. The minimum Gasteiger partial charge on any atom is -0.325 e. The summed E-state index contributed by atoms with van der Waals surface area (Å²) >= 11 is 2.50. The first-order valence-corrected chi connectivity index (χ1v) is 13.2. The Balaban J connectivity index is 1.95. The van der Waals surface area contributed by atoms with E-state index in [0.29, 0.717) is 16.1 Å². The van der Waals surface area contributed by atoms with Gasteiger partial charge >= 0.3 is 4.87 Å². The van der Waals surface area contributed by atoms with Crippen molar-refractivity contribution < 1.29 is 13.2 Å². The zero-order valence-electron chi connectivity index (χ0n) is 17.9. The number of carbonyl (C=O) groups excluding carboxylic acids is 1. The summed E-state index contributed by atoms with van der Waals surface area (Å²) in [5.41, 5.74) is 1.60. The van der Waals surface area contributed by atoms with Gasteiger partial charge in [-0.25, -0.2) is 8.42 Å². The van der Waals surface area contributed by atoms with E-state index in [1.54, 1.807) is 42.7 Å². The number of sulfonamides is 1. The molecular formula is C21H25N3O4S3. The highest BCUT2D eigenvalue weighted by Crippen LogP contribution is 2.30. The lowest BCUT2D eigenvalue weighted by atomic mass is 10.2. The molecule has 0 aliphatic rings. The molecule has 7 nitrogen and oxygen atoms in total. The molecule has 2 aromatic carbocycles. The Labute approximate surface area is 189 Å². The minimum atomic E-state index is -3.90. The van der Waals surface area contributed by atoms with Crippen LogP contribution in [0.15, 0.2) is 51.0 Å². The van der Waals surface area contributed by atoms with Crippen LogP contribution in [0.4, 0.5) is 11.4 Å². The summed E-state index contributed by atoms with van der Waals surface area (Å²) in [7, 11) is -3.90. The third-order valence-electron chi connectivity index (χ3n) is 4.65. The number of nitrogens with one attached hydrogen (secondary N) is 2. The number of aromatic nitrogens is 1. The van der Waals surface area contributed by atoms with Crippen LogP contribution >= 0.6 is 23.1 Å². The van der Waals surface area contributed by atoms with Crippen molar-refractivity contribution >= 4 is 60.6 Å². The summed E-state index contributed by atoms with van der Waals surface area (Å²) < 4.78 is 31.0. The molecule has 1 aromatic heterocycles. The molecule has 0 spiro atoms. The van der Waals surface area contributed by atoms with Crippen molar-refractivity contribution in [3.8, 4) is 0 Å². The molecule has 0 unspecified atom stereocenters. The molecule has 3 rings (SSSR count). The van der Waals surface area contributed by atoms with E-state index in [9.17, 15) is 18.0 Å². The number of amides is 1. The molecule has 0 saturated carbocycles. The number of carbonyl (C=O) groups is 1. The fourth-order valence-electron chi connectivity index (χ4n) is 3.03. The highest BCUT2D eigenvalue weighted by Gasteiger charge is 2.19. The molecule has 0 radical (unpaired) electrons. The van der Waals surface area contributed by atoms with Gasteiger partial charge in [-0.05, 0) is 56.5 Å². The van der Waals surface area contributed by atoms with Crippen LogP contribution in [-0.4, -0.2) is 25.1 Å². The van der Waals surface area contributed by atoms with E-state index in [1.165, 1.54) is 23.9 Å². The van der Waals surface area contributed by atoms with Crippen LogP contribution in [0.5, 0.6) is 0 Å². The smallest absolute Gasteiger partial charge is 0.308 e. The van der Waals surface area contributed by atoms with Gasteiger partial charge in [0.05, 0.1) is 26.5 Å². The molecule has 2 N–H and O–H groups in total. The lowest BCUT2D eigenvalue weighted by Gasteiger charge is -2.14. The van der Waals surface area contributed by atoms with Gasteiger partial charge in [-0.2, -0.15) is 0 Å². The molecule has 1 amide bonds. The second-order valence-corrected chi connectivity index (χ2v) is 11.1. The van der Waals surface area contributed by atoms with E-state index in [0.717, 1.165) is 21.7 Å². The van der Waals surface area contributed by atoms with Crippen LogP contribution in [-0.2, 0) is 14.8 Å². The number of nitrogens with zero attached hydrogens (tertiary/aromatic N) is 1. The number of hydrogen-bond donors (Lipinski definition) is 2. The summed E-state index contributed by atoms with van der Waals surface area (Å²) in [4.78, 5) is 25.1. The molecule has 0 fully saturated rings. The number of benzene rings is 2. The van der Waals surface area contributed by atoms with Crippen LogP contribution in [0.25, 0.3) is 10.2 Å². The first-order chi connectivity index (χ1) is 14.5. The van der Waals surface area contributed by atoms with Gasteiger partial charge in [-0.15, -0.1) is 11.8 Å². The van der Waals surface area contributed by atoms with Crippen LogP contribution in [0.3, 0.4) is 0 Å². The SMILES string of the molecule is CSc1ccc(S(=O)(=O)Nc2ccc3c(c2)sc(=O)n3C(C)C)cc1NC(=O)C(C)C. The monoisotopic (exact) mass is 479 g/mol. The maximum absolute atomic E-state index is 13.0. The van der Waals surface area contributed by atoms with E-state index in [-0.39, 0.29) is 27.6 Å². The highest BCUT2D eigenvalue weighted by molar-refractivity contribution is 7.98. The lowest BCUT2D eigenvalue weighted by Crippen LogP contribution is -2.19. The summed E-state index contributed by atoms with van der Waals surface area (Å²) in [6.45, 7) is 7.40. The fourth-order valence-corrected chi connectivity index (χ4v) is 5.69. The van der Waals surface area contributed by atoms with Gasteiger partial charge in [0.1, 0.15) is 0 Å². The maximum atomic E-state index is 13.0. The first kappa shape index (κ1) is 23.4. The number of anilines is 2. The second-order valence-electron chi connectivity index (χ2n) is 7.63. The average Bonchev–Trinajstić information content (AvgIpc) is 3.02. The van der Waals surface area contributed by atoms with E-state index in [2.05, 4.69) is 10.0 Å². The highest BCUT2D eigenvalue weighted by atomic mass is 32.2. The molecule has 0 aliphatic carbocycles. The van der Waals surface area contributed by atoms with E-state index in [1.807, 2.05) is 20.1 Å². The molecule has 0 aliphatic heterocycles. The Morgan fingerprint density at radius 1 is 1.10 bits per heavy atom. The minimum absolute atomic E-state index is 0.0122. The molecule has 31 heavy (non-hydrogen) atoms. The molecular weight excluding hydrogens is 454 g/mol.